The molecule has 0 aliphatic carbocycles. The number of rotatable bonds is 13. The number of nitrogens with one attached hydrogen (secondary N) is 3. The van der Waals surface area contributed by atoms with Crippen LogP contribution in [0.2, 0.25) is 0 Å². The van der Waals surface area contributed by atoms with Crippen molar-refractivity contribution in [1.82, 2.24) is 15.7 Å². The van der Waals surface area contributed by atoms with Gasteiger partial charge in [0.25, 0.3) is 0 Å². The SMILES string of the molecule is O=C(CCCCCC(=O)Nc1cccc(C2OC(CN3CCC4(CC3)C(=O)NCN4c3ccccc3)CC(c3ccc(CO)cc3)O2)c1)NO. The average Bonchev–Trinajstić information content (AvgIpc) is 3.46. The number of para-hydroxylation sites is 1. The van der Waals surface area contributed by atoms with Crippen LogP contribution in [0, 0.1) is 0 Å². The van der Waals surface area contributed by atoms with Gasteiger partial charge in [-0.05, 0) is 61.1 Å². The first-order valence-corrected chi connectivity index (χ1v) is 17.5. The highest BCUT2D eigenvalue weighted by atomic mass is 16.7. The number of unbranched alkanes of at least 4 members (excludes halogenated alkanes) is 2. The van der Waals surface area contributed by atoms with E-state index < -0.39 is 17.7 Å². The van der Waals surface area contributed by atoms with Gasteiger partial charge in [0.15, 0.2) is 6.29 Å². The molecule has 12 nitrogen and oxygen atoms in total. The summed E-state index contributed by atoms with van der Waals surface area (Å²) in [7, 11) is 0. The lowest BCUT2D eigenvalue weighted by atomic mass is 9.85. The first-order valence-electron chi connectivity index (χ1n) is 17.5. The van der Waals surface area contributed by atoms with E-state index in [0.717, 1.165) is 35.5 Å². The van der Waals surface area contributed by atoms with Crippen LogP contribution in [0.15, 0.2) is 78.9 Å². The molecule has 3 heterocycles. The largest absolute Gasteiger partial charge is 0.392 e. The zero-order chi connectivity index (χ0) is 34.9. The molecule has 0 bridgehead atoms. The summed E-state index contributed by atoms with van der Waals surface area (Å²) in [4.78, 5) is 41.7. The smallest absolute Gasteiger partial charge is 0.247 e. The maximum Gasteiger partial charge on any atom is 0.247 e. The number of nitrogens with zero attached hydrogens (tertiary/aromatic N) is 2. The minimum Gasteiger partial charge on any atom is -0.392 e. The van der Waals surface area contributed by atoms with Crippen LogP contribution in [0.4, 0.5) is 11.4 Å². The average molecular weight is 686 g/mol. The number of benzene rings is 3. The fraction of sp³-hybridized carbons (Fsp3) is 0.447. The molecule has 0 aromatic heterocycles. The van der Waals surface area contributed by atoms with Gasteiger partial charge in [-0.25, -0.2) is 5.48 Å². The summed E-state index contributed by atoms with van der Waals surface area (Å²) in [6.45, 7) is 2.68. The van der Waals surface area contributed by atoms with Gasteiger partial charge in [-0.1, -0.05) is 61.0 Å². The molecule has 6 rings (SSSR count). The van der Waals surface area contributed by atoms with Gasteiger partial charge < -0.3 is 35.0 Å². The standard InChI is InChI=1S/C38H47N5O7/c44-25-27-14-16-28(17-15-27)33-23-32(24-42-20-18-38(19-21-42)37(47)39-26-43(38)31-10-3-1-4-11-31)49-36(50-33)29-8-7-9-30(22-29)40-34(45)12-5-2-6-13-35(46)41-48/h1,3-4,7-11,14-17,22,32-33,36,44,48H,2,5-6,12-13,18-21,23-26H2,(H,39,47)(H,40,45)(H,41,46). The van der Waals surface area contributed by atoms with Crippen LogP contribution >= 0.6 is 0 Å². The van der Waals surface area contributed by atoms with Gasteiger partial charge in [-0.3, -0.25) is 19.6 Å². The number of hydrogen-bond donors (Lipinski definition) is 5. The summed E-state index contributed by atoms with van der Waals surface area (Å²) in [6.07, 6.45) is 3.46. The van der Waals surface area contributed by atoms with E-state index in [1.807, 2.05) is 66.7 Å². The molecule has 3 aromatic rings. The number of ether oxygens (including phenoxy) is 2. The Hall–Kier alpha value is -4.33. The van der Waals surface area contributed by atoms with Crippen LogP contribution in [0.1, 0.15) is 80.5 Å². The molecule has 3 aliphatic heterocycles. The zero-order valence-corrected chi connectivity index (χ0v) is 28.3. The highest BCUT2D eigenvalue weighted by Crippen LogP contribution is 2.40. The van der Waals surface area contributed by atoms with Crippen LogP contribution in [-0.4, -0.2) is 70.9 Å². The number of anilines is 2. The highest BCUT2D eigenvalue weighted by molar-refractivity contribution is 5.93. The predicted octanol–water partition coefficient (Wildman–Crippen LogP) is 4.55. The summed E-state index contributed by atoms with van der Waals surface area (Å²) in [5.74, 6) is -0.458. The number of piperidine rings is 1. The van der Waals surface area contributed by atoms with E-state index in [9.17, 15) is 19.5 Å². The Balaban J connectivity index is 1.11. The van der Waals surface area contributed by atoms with E-state index in [-0.39, 0.29) is 37.0 Å². The summed E-state index contributed by atoms with van der Waals surface area (Å²) >= 11 is 0. The fourth-order valence-corrected chi connectivity index (χ4v) is 7.25. The van der Waals surface area contributed by atoms with Crippen LogP contribution in [0.5, 0.6) is 0 Å². The minimum atomic E-state index is -0.670. The van der Waals surface area contributed by atoms with Gasteiger partial charge in [0.1, 0.15) is 5.54 Å². The monoisotopic (exact) mass is 685 g/mol. The van der Waals surface area contributed by atoms with Crippen LogP contribution in [0.3, 0.4) is 0 Å². The van der Waals surface area contributed by atoms with Crippen molar-refractivity contribution in [3.8, 4) is 0 Å². The number of amides is 3. The molecule has 3 aliphatic rings. The van der Waals surface area contributed by atoms with Crippen molar-refractivity contribution in [2.45, 2.75) is 82.0 Å². The molecule has 3 unspecified atom stereocenters. The molecule has 0 saturated carbocycles. The molecule has 5 N–H and O–H groups in total. The molecule has 3 atom stereocenters. The fourth-order valence-electron chi connectivity index (χ4n) is 7.25. The Labute approximate surface area is 292 Å². The topological polar surface area (TPSA) is 153 Å². The van der Waals surface area contributed by atoms with E-state index in [1.165, 1.54) is 0 Å². The third kappa shape index (κ3) is 8.51. The van der Waals surface area contributed by atoms with Crippen LogP contribution < -0.4 is 21.0 Å². The second-order valence-electron chi connectivity index (χ2n) is 13.4. The molecule has 50 heavy (non-hydrogen) atoms. The number of carbonyl (C=O) groups excluding carboxylic acids is 3. The quantitative estimate of drug-likeness (QED) is 0.0992. The Kier molecular flexibility index (Phi) is 11.8. The maximum atomic E-state index is 13.2. The van der Waals surface area contributed by atoms with Gasteiger partial charge in [-0.2, -0.15) is 0 Å². The molecule has 1 spiro atoms. The van der Waals surface area contributed by atoms with Gasteiger partial charge >= 0.3 is 0 Å². The maximum absolute atomic E-state index is 13.2. The van der Waals surface area contributed by atoms with Gasteiger partial charge in [-0.15, -0.1) is 0 Å². The molecule has 3 saturated heterocycles. The molecule has 3 aromatic carbocycles. The third-order valence-electron chi connectivity index (χ3n) is 10.0. The molecule has 3 amide bonds. The van der Waals surface area contributed by atoms with Crippen molar-refractivity contribution in [3.63, 3.8) is 0 Å². The highest BCUT2D eigenvalue weighted by Gasteiger charge is 2.50. The van der Waals surface area contributed by atoms with E-state index in [4.69, 9.17) is 14.7 Å². The summed E-state index contributed by atoms with van der Waals surface area (Å²) < 4.78 is 13.2. The van der Waals surface area contributed by atoms with Crippen molar-refractivity contribution >= 4 is 29.1 Å². The molecule has 0 radical (unpaired) electrons. The van der Waals surface area contributed by atoms with Gasteiger partial charge in [0, 0.05) is 55.8 Å². The van der Waals surface area contributed by atoms with E-state index in [1.54, 1.807) is 5.48 Å². The van der Waals surface area contributed by atoms with Crippen LogP contribution in [-0.2, 0) is 30.5 Å². The normalized spacial score (nSPS) is 21.9. The van der Waals surface area contributed by atoms with Crippen molar-refractivity contribution in [2.75, 3.05) is 36.5 Å². The Morgan fingerprint density at radius 1 is 0.880 bits per heavy atom. The van der Waals surface area contributed by atoms with Crippen molar-refractivity contribution in [3.05, 3.63) is 95.6 Å². The van der Waals surface area contributed by atoms with Crippen LogP contribution in [0.25, 0.3) is 0 Å². The lowest BCUT2D eigenvalue weighted by Gasteiger charge is -2.45. The lowest BCUT2D eigenvalue weighted by Crippen LogP contribution is -2.57. The third-order valence-corrected chi connectivity index (χ3v) is 10.0. The molecule has 266 valence electrons. The second kappa shape index (κ2) is 16.6. The van der Waals surface area contributed by atoms with Crippen molar-refractivity contribution in [1.29, 1.82) is 0 Å². The lowest BCUT2D eigenvalue weighted by molar-refractivity contribution is -0.253. The summed E-state index contributed by atoms with van der Waals surface area (Å²) in [6, 6.07) is 25.4. The number of aliphatic hydroxyl groups excluding tert-OH is 1. The number of hydroxylamine groups is 1. The summed E-state index contributed by atoms with van der Waals surface area (Å²) in [5.41, 5.74) is 5.37. The summed E-state index contributed by atoms with van der Waals surface area (Å²) in [5, 5.41) is 24.3. The molecule has 3 fully saturated rings. The Bertz CT molecular complexity index is 1600. The number of hydrogen-bond acceptors (Lipinski definition) is 9. The van der Waals surface area contributed by atoms with E-state index in [0.29, 0.717) is 63.8 Å². The first kappa shape index (κ1) is 35.5. The second-order valence-corrected chi connectivity index (χ2v) is 13.4. The predicted molar refractivity (Wildman–Crippen MR) is 187 cm³/mol. The molecular weight excluding hydrogens is 638 g/mol. The Morgan fingerprint density at radius 3 is 2.34 bits per heavy atom. The zero-order valence-electron chi connectivity index (χ0n) is 28.3. The van der Waals surface area contributed by atoms with E-state index in [2.05, 4.69) is 32.6 Å². The minimum absolute atomic E-state index is 0.0320. The van der Waals surface area contributed by atoms with E-state index >= 15 is 0 Å². The number of likely N-dealkylation sites (tertiary alicyclic amines) is 1. The van der Waals surface area contributed by atoms with Gasteiger partial charge in [0.2, 0.25) is 17.7 Å². The number of carbonyl (C=O) groups is 3. The van der Waals surface area contributed by atoms with Gasteiger partial charge in [0.05, 0.1) is 25.5 Å². The molecular formula is C38H47N5O7. The Morgan fingerprint density at radius 2 is 1.62 bits per heavy atom. The molecule has 12 heteroatoms. The van der Waals surface area contributed by atoms with Crippen molar-refractivity contribution < 1.29 is 34.2 Å². The van der Waals surface area contributed by atoms with Crippen molar-refractivity contribution in [2.24, 2.45) is 0 Å². The number of aliphatic hydroxyl groups is 1. The first-order chi connectivity index (χ1) is 24.4.